The Morgan fingerprint density at radius 2 is 2.40 bits per heavy atom. The summed E-state index contributed by atoms with van der Waals surface area (Å²) in [5.74, 6) is 0.294. The van der Waals surface area contributed by atoms with Crippen LogP contribution in [0.2, 0.25) is 0 Å². The van der Waals surface area contributed by atoms with Gasteiger partial charge in [-0.15, -0.1) is 0 Å². The first kappa shape index (κ1) is 14.3. The van der Waals surface area contributed by atoms with Crippen LogP contribution in [-0.4, -0.2) is 41.0 Å². The van der Waals surface area contributed by atoms with Gasteiger partial charge < -0.3 is 15.5 Å². The number of aromatic nitrogens is 1. The fourth-order valence-corrected chi connectivity index (χ4v) is 2.32. The average Bonchev–Trinajstić information content (AvgIpc) is 2.72. The van der Waals surface area contributed by atoms with Crippen molar-refractivity contribution in [2.45, 2.75) is 32.7 Å². The highest BCUT2D eigenvalue weighted by Crippen LogP contribution is 2.13. The Labute approximate surface area is 118 Å². The van der Waals surface area contributed by atoms with Crippen molar-refractivity contribution in [1.82, 2.24) is 15.2 Å². The van der Waals surface area contributed by atoms with Gasteiger partial charge >= 0.3 is 6.03 Å². The van der Waals surface area contributed by atoms with Gasteiger partial charge in [0.2, 0.25) is 5.91 Å². The normalized spacial score (nSPS) is 18.0. The number of aryl methyl sites for hydroxylation is 1. The summed E-state index contributed by atoms with van der Waals surface area (Å²) in [6, 6.07) is 3.59. The zero-order chi connectivity index (χ0) is 14.5. The maximum atomic E-state index is 12.0. The van der Waals surface area contributed by atoms with E-state index in [1.807, 2.05) is 13.0 Å². The second-order valence-corrected chi connectivity index (χ2v) is 5.02. The number of hydrogen-bond acceptors (Lipinski definition) is 3. The smallest absolute Gasteiger partial charge is 0.318 e. The third kappa shape index (κ3) is 3.46. The standard InChI is InChI=1S/C14H20N4O2/c1-3-4-11-8-16-14(20)18(11)9-13(19)17-12-7-10(2)5-6-15-12/h5-7,11H,3-4,8-9H2,1-2H3,(H,16,20)(H,15,17,19)/t11-/m0/s1. The lowest BCUT2D eigenvalue weighted by atomic mass is 10.1. The molecule has 20 heavy (non-hydrogen) atoms. The molecule has 0 spiro atoms. The lowest BCUT2D eigenvalue weighted by Crippen LogP contribution is -2.40. The number of rotatable bonds is 5. The Bertz CT molecular complexity index is 504. The molecular weight excluding hydrogens is 256 g/mol. The van der Waals surface area contributed by atoms with Crippen LogP contribution in [0.15, 0.2) is 18.3 Å². The van der Waals surface area contributed by atoms with E-state index < -0.39 is 0 Å². The van der Waals surface area contributed by atoms with Crippen molar-refractivity contribution >= 4 is 17.8 Å². The Kier molecular flexibility index (Phi) is 4.55. The van der Waals surface area contributed by atoms with Crippen molar-refractivity contribution < 1.29 is 9.59 Å². The molecule has 1 aliphatic rings. The Morgan fingerprint density at radius 1 is 1.60 bits per heavy atom. The summed E-state index contributed by atoms with van der Waals surface area (Å²) in [6.07, 6.45) is 3.53. The maximum absolute atomic E-state index is 12.0. The van der Waals surface area contributed by atoms with Gasteiger partial charge in [-0.3, -0.25) is 4.79 Å². The fraction of sp³-hybridized carbons (Fsp3) is 0.500. The predicted molar refractivity (Wildman–Crippen MR) is 76.4 cm³/mol. The van der Waals surface area contributed by atoms with Crippen LogP contribution in [0.4, 0.5) is 10.6 Å². The third-order valence-electron chi connectivity index (χ3n) is 3.31. The van der Waals surface area contributed by atoms with Crippen LogP contribution in [0.3, 0.4) is 0 Å². The highest BCUT2D eigenvalue weighted by atomic mass is 16.2. The van der Waals surface area contributed by atoms with Crippen molar-refractivity contribution in [3.8, 4) is 0 Å². The monoisotopic (exact) mass is 276 g/mol. The van der Waals surface area contributed by atoms with Gasteiger partial charge in [-0.25, -0.2) is 9.78 Å². The molecule has 2 heterocycles. The summed E-state index contributed by atoms with van der Waals surface area (Å²) in [7, 11) is 0. The number of hydrogen-bond donors (Lipinski definition) is 2. The summed E-state index contributed by atoms with van der Waals surface area (Å²) in [4.78, 5) is 29.4. The molecule has 0 aromatic carbocycles. The molecule has 0 saturated carbocycles. The van der Waals surface area contributed by atoms with Gasteiger partial charge in [-0.2, -0.15) is 0 Å². The van der Waals surface area contributed by atoms with Gasteiger partial charge in [0, 0.05) is 12.7 Å². The van der Waals surface area contributed by atoms with E-state index in [1.54, 1.807) is 17.2 Å². The number of amides is 3. The van der Waals surface area contributed by atoms with E-state index in [1.165, 1.54) is 0 Å². The van der Waals surface area contributed by atoms with E-state index in [2.05, 4.69) is 22.5 Å². The molecule has 0 aliphatic carbocycles. The number of pyridine rings is 1. The highest BCUT2D eigenvalue weighted by Gasteiger charge is 2.31. The van der Waals surface area contributed by atoms with Crippen LogP contribution in [0.1, 0.15) is 25.3 Å². The third-order valence-corrected chi connectivity index (χ3v) is 3.31. The summed E-state index contributed by atoms with van der Waals surface area (Å²) < 4.78 is 0. The number of carbonyl (C=O) groups is 2. The first-order valence-corrected chi connectivity index (χ1v) is 6.87. The molecule has 1 fully saturated rings. The molecule has 1 aromatic heterocycles. The number of carbonyl (C=O) groups excluding carboxylic acids is 2. The fourth-order valence-electron chi connectivity index (χ4n) is 2.32. The molecule has 1 aliphatic heterocycles. The van der Waals surface area contributed by atoms with Gasteiger partial charge in [0.25, 0.3) is 0 Å². The first-order valence-electron chi connectivity index (χ1n) is 6.87. The van der Waals surface area contributed by atoms with Crippen LogP contribution in [-0.2, 0) is 4.79 Å². The number of anilines is 1. The van der Waals surface area contributed by atoms with Gasteiger partial charge in [0.15, 0.2) is 0 Å². The maximum Gasteiger partial charge on any atom is 0.318 e. The lowest BCUT2D eigenvalue weighted by Gasteiger charge is -2.21. The number of urea groups is 1. The molecule has 1 aromatic rings. The van der Waals surface area contributed by atoms with Crippen LogP contribution in [0.25, 0.3) is 0 Å². The van der Waals surface area contributed by atoms with Crippen molar-refractivity contribution in [2.24, 2.45) is 0 Å². The lowest BCUT2D eigenvalue weighted by molar-refractivity contribution is -0.117. The van der Waals surface area contributed by atoms with Gasteiger partial charge in [-0.05, 0) is 31.0 Å². The molecule has 0 unspecified atom stereocenters. The zero-order valence-corrected chi connectivity index (χ0v) is 11.8. The molecule has 0 bridgehead atoms. The van der Waals surface area contributed by atoms with E-state index in [0.717, 1.165) is 18.4 Å². The topological polar surface area (TPSA) is 74.3 Å². The van der Waals surface area contributed by atoms with E-state index >= 15 is 0 Å². The molecule has 6 nitrogen and oxygen atoms in total. The second-order valence-electron chi connectivity index (χ2n) is 5.02. The summed E-state index contributed by atoms with van der Waals surface area (Å²) >= 11 is 0. The van der Waals surface area contributed by atoms with Crippen LogP contribution in [0.5, 0.6) is 0 Å². The Balaban J connectivity index is 1.95. The quantitative estimate of drug-likeness (QED) is 0.856. The molecule has 6 heteroatoms. The van der Waals surface area contributed by atoms with Crippen molar-refractivity contribution in [3.05, 3.63) is 23.9 Å². The molecule has 0 radical (unpaired) electrons. The van der Waals surface area contributed by atoms with Crippen LogP contribution >= 0.6 is 0 Å². The Hall–Kier alpha value is -2.11. The average molecular weight is 276 g/mol. The predicted octanol–water partition coefficient (Wildman–Crippen LogP) is 1.52. The molecule has 108 valence electrons. The number of nitrogens with zero attached hydrogens (tertiary/aromatic N) is 2. The van der Waals surface area contributed by atoms with Crippen LogP contribution in [0, 0.1) is 6.92 Å². The van der Waals surface area contributed by atoms with E-state index in [0.29, 0.717) is 12.4 Å². The first-order chi connectivity index (χ1) is 9.60. The molecule has 3 amide bonds. The van der Waals surface area contributed by atoms with E-state index in [4.69, 9.17) is 0 Å². The summed E-state index contributed by atoms with van der Waals surface area (Å²) in [6.45, 7) is 4.68. The van der Waals surface area contributed by atoms with E-state index in [9.17, 15) is 9.59 Å². The highest BCUT2D eigenvalue weighted by molar-refractivity contribution is 5.94. The summed E-state index contributed by atoms with van der Waals surface area (Å²) in [5.41, 5.74) is 1.03. The largest absolute Gasteiger partial charge is 0.336 e. The van der Waals surface area contributed by atoms with E-state index in [-0.39, 0.29) is 24.5 Å². The minimum atomic E-state index is -0.221. The van der Waals surface area contributed by atoms with Gasteiger partial charge in [0.1, 0.15) is 12.4 Å². The second kappa shape index (κ2) is 6.36. The van der Waals surface area contributed by atoms with Crippen molar-refractivity contribution in [2.75, 3.05) is 18.4 Å². The minimum absolute atomic E-state index is 0.0616. The molecule has 2 N–H and O–H groups in total. The Morgan fingerprint density at radius 3 is 3.10 bits per heavy atom. The van der Waals surface area contributed by atoms with Crippen molar-refractivity contribution in [3.63, 3.8) is 0 Å². The zero-order valence-electron chi connectivity index (χ0n) is 11.8. The SMILES string of the molecule is CCC[C@H]1CNC(=O)N1CC(=O)Nc1cc(C)ccn1. The van der Waals surface area contributed by atoms with Crippen molar-refractivity contribution in [1.29, 1.82) is 0 Å². The molecule has 1 atom stereocenters. The minimum Gasteiger partial charge on any atom is -0.336 e. The molecular formula is C14H20N4O2. The summed E-state index contributed by atoms with van der Waals surface area (Å²) in [5, 5.41) is 5.50. The van der Waals surface area contributed by atoms with Gasteiger partial charge in [-0.1, -0.05) is 13.3 Å². The van der Waals surface area contributed by atoms with Crippen LogP contribution < -0.4 is 10.6 Å². The number of nitrogens with one attached hydrogen (secondary N) is 2. The van der Waals surface area contributed by atoms with Gasteiger partial charge in [0.05, 0.1) is 6.04 Å². The molecule has 1 saturated heterocycles. The molecule has 2 rings (SSSR count).